The van der Waals surface area contributed by atoms with Gasteiger partial charge in [0.15, 0.2) is 0 Å². The Morgan fingerprint density at radius 1 is 1.09 bits per heavy atom. The molecule has 0 N–H and O–H groups in total. The van der Waals surface area contributed by atoms with Crippen LogP contribution in [0.3, 0.4) is 0 Å². The van der Waals surface area contributed by atoms with Crippen molar-refractivity contribution in [1.29, 1.82) is 0 Å². The molecule has 0 bridgehead atoms. The largest absolute Gasteiger partial charge is 0.0967 e. The summed E-state index contributed by atoms with van der Waals surface area (Å²) in [6, 6.07) is 0. The lowest BCUT2D eigenvalue weighted by Crippen LogP contribution is -2.00. The zero-order chi connectivity index (χ0) is 8.32. The second-order valence-electron chi connectivity index (χ2n) is 3.67. The molecule has 11 heavy (non-hydrogen) atoms. The van der Waals surface area contributed by atoms with Crippen LogP contribution in [0.2, 0.25) is 0 Å². The molecule has 1 aliphatic carbocycles. The van der Waals surface area contributed by atoms with Gasteiger partial charge in [-0.25, -0.2) is 0 Å². The first-order valence-corrected chi connectivity index (χ1v) is 3.83. The first kappa shape index (κ1) is 8.65. The highest BCUT2D eigenvalue weighted by atomic mass is 14.2. The quantitative estimate of drug-likeness (QED) is 0.459. The van der Waals surface area contributed by atoms with E-state index in [1.807, 2.05) is 25.7 Å². The third-order valence-corrected chi connectivity index (χ3v) is 1.24. The minimum atomic E-state index is 0.108. The van der Waals surface area contributed by atoms with Gasteiger partial charge in [-0.3, -0.25) is 0 Å². The molecule has 0 amide bonds. The van der Waals surface area contributed by atoms with Crippen molar-refractivity contribution in [2.24, 2.45) is 5.41 Å². The van der Waals surface area contributed by atoms with Crippen LogP contribution in [-0.2, 0) is 0 Å². The molecule has 1 fully saturated rings. The van der Waals surface area contributed by atoms with Crippen molar-refractivity contribution in [3.05, 3.63) is 31.6 Å². The smallest absolute Gasteiger partial charge is 0.0554 e. The summed E-state index contributed by atoms with van der Waals surface area (Å²) in [4.78, 5) is 0. The van der Waals surface area contributed by atoms with Crippen LogP contribution in [0.4, 0.5) is 0 Å². The monoisotopic (exact) mass is 145 g/mol. The van der Waals surface area contributed by atoms with Crippen molar-refractivity contribution in [3.63, 3.8) is 0 Å². The third-order valence-electron chi connectivity index (χ3n) is 1.24. The van der Waals surface area contributed by atoms with Gasteiger partial charge in [-0.1, -0.05) is 11.8 Å². The van der Waals surface area contributed by atoms with E-state index in [4.69, 9.17) is 0 Å². The van der Waals surface area contributed by atoms with E-state index in [1.165, 1.54) is 0 Å². The van der Waals surface area contributed by atoms with Gasteiger partial charge < -0.3 is 0 Å². The second kappa shape index (κ2) is 3.30. The lowest BCUT2D eigenvalue weighted by molar-refractivity contribution is 0.570. The van der Waals surface area contributed by atoms with E-state index < -0.39 is 0 Å². The van der Waals surface area contributed by atoms with Crippen molar-refractivity contribution in [1.82, 2.24) is 0 Å². The highest BCUT2D eigenvalue weighted by molar-refractivity contribution is 5.47. The predicted octanol–water partition coefficient (Wildman–Crippen LogP) is 2.44. The van der Waals surface area contributed by atoms with Gasteiger partial charge in [-0.2, -0.15) is 0 Å². The van der Waals surface area contributed by atoms with Gasteiger partial charge >= 0.3 is 0 Å². The normalized spacial score (nSPS) is 19.5. The Bertz CT molecular complexity index is 166. The van der Waals surface area contributed by atoms with Crippen molar-refractivity contribution in [2.45, 2.75) is 20.8 Å². The molecule has 0 aromatic heterocycles. The van der Waals surface area contributed by atoms with E-state index in [9.17, 15) is 0 Å². The molecule has 0 aromatic rings. The van der Waals surface area contributed by atoms with Crippen LogP contribution in [0, 0.1) is 48.9 Å². The molecule has 0 saturated heterocycles. The summed E-state index contributed by atoms with van der Waals surface area (Å²) in [5, 5.41) is 0. The van der Waals surface area contributed by atoms with Crippen molar-refractivity contribution in [2.75, 3.05) is 0 Å². The lowest BCUT2D eigenvalue weighted by Gasteiger charge is -2.07. The first-order chi connectivity index (χ1) is 5.08. The van der Waals surface area contributed by atoms with Gasteiger partial charge in [0.25, 0.3) is 0 Å². The molecule has 1 aliphatic rings. The van der Waals surface area contributed by atoms with E-state index in [0.29, 0.717) is 0 Å². The molecule has 0 aromatic carbocycles. The maximum absolute atomic E-state index is 3.17. The molecule has 0 unspecified atom stereocenters. The van der Waals surface area contributed by atoms with Crippen LogP contribution in [0.25, 0.3) is 0 Å². The molecule has 5 radical (unpaired) electrons. The summed E-state index contributed by atoms with van der Waals surface area (Å²) < 4.78 is 0. The molecule has 0 nitrogen and oxygen atoms in total. The lowest BCUT2D eigenvalue weighted by atomic mass is 9.96. The van der Waals surface area contributed by atoms with E-state index >= 15 is 0 Å². The Balaban J connectivity index is 2.42. The number of hydrogen-bond acceptors (Lipinski definition) is 0. The van der Waals surface area contributed by atoms with Gasteiger partial charge in [0, 0.05) is 5.41 Å². The van der Waals surface area contributed by atoms with E-state index in [2.05, 4.69) is 32.6 Å². The Labute approximate surface area is 70.4 Å². The molecule has 0 spiro atoms. The fraction of sp³-hybridized carbons (Fsp3) is 0.364. The van der Waals surface area contributed by atoms with Crippen LogP contribution in [0.15, 0.2) is 0 Å². The molecular formula is C11H13. The van der Waals surface area contributed by atoms with Crippen molar-refractivity contribution >= 4 is 0 Å². The molecule has 0 aliphatic heterocycles. The molecule has 0 heterocycles. The van der Waals surface area contributed by atoms with Gasteiger partial charge in [0.05, 0.1) is 5.92 Å². The highest BCUT2D eigenvalue weighted by Crippen LogP contribution is 2.22. The molecule has 1 rings (SSSR count). The van der Waals surface area contributed by atoms with Crippen LogP contribution < -0.4 is 0 Å². The maximum atomic E-state index is 3.17. The van der Waals surface area contributed by atoms with Crippen LogP contribution >= 0.6 is 0 Å². The molecule has 57 valence electrons. The standard InChI is InChI=1S/C11H13/c1-11(2,3)9-8-10-6-4-5-7-10/h4-7H,1-3H3. The third kappa shape index (κ3) is 3.46. The fourth-order valence-corrected chi connectivity index (χ4v) is 0.717. The summed E-state index contributed by atoms with van der Waals surface area (Å²) in [6.45, 7) is 6.34. The maximum Gasteiger partial charge on any atom is 0.0554 e. The Morgan fingerprint density at radius 2 is 1.64 bits per heavy atom. The van der Waals surface area contributed by atoms with Gasteiger partial charge in [-0.05, 0) is 46.5 Å². The van der Waals surface area contributed by atoms with Crippen LogP contribution in [0.5, 0.6) is 0 Å². The Morgan fingerprint density at radius 3 is 2.09 bits per heavy atom. The SMILES string of the molecule is CC(C)(C)C#C[C]1[CH][CH][CH][CH]1. The average Bonchev–Trinajstić information content (AvgIpc) is 2.32. The molecule has 1 saturated carbocycles. The zero-order valence-electron chi connectivity index (χ0n) is 7.31. The molecule has 0 heteroatoms. The molecule has 0 atom stereocenters. The topological polar surface area (TPSA) is 0 Å². The van der Waals surface area contributed by atoms with Crippen LogP contribution in [-0.4, -0.2) is 0 Å². The van der Waals surface area contributed by atoms with E-state index in [0.717, 1.165) is 5.92 Å². The molecular weight excluding hydrogens is 132 g/mol. The number of rotatable bonds is 0. The summed E-state index contributed by atoms with van der Waals surface area (Å²) in [6.07, 6.45) is 8.07. The summed E-state index contributed by atoms with van der Waals surface area (Å²) in [5.74, 6) is 7.40. The van der Waals surface area contributed by atoms with Gasteiger partial charge in [-0.15, -0.1) is 0 Å². The Hall–Kier alpha value is -0.440. The average molecular weight is 145 g/mol. The van der Waals surface area contributed by atoms with Crippen LogP contribution in [0.1, 0.15) is 20.8 Å². The minimum Gasteiger partial charge on any atom is -0.0967 e. The zero-order valence-corrected chi connectivity index (χ0v) is 7.31. The van der Waals surface area contributed by atoms with Crippen molar-refractivity contribution < 1.29 is 0 Å². The van der Waals surface area contributed by atoms with E-state index in [1.54, 1.807) is 0 Å². The first-order valence-electron chi connectivity index (χ1n) is 3.83. The van der Waals surface area contributed by atoms with Gasteiger partial charge in [0.2, 0.25) is 0 Å². The highest BCUT2D eigenvalue weighted by Gasteiger charge is 2.14. The van der Waals surface area contributed by atoms with Crippen molar-refractivity contribution in [3.8, 4) is 11.8 Å². The summed E-state index contributed by atoms with van der Waals surface area (Å²) >= 11 is 0. The summed E-state index contributed by atoms with van der Waals surface area (Å²) in [5.41, 5.74) is 0.108. The Kier molecular flexibility index (Phi) is 2.60. The predicted molar refractivity (Wildman–Crippen MR) is 47.7 cm³/mol. The second-order valence-corrected chi connectivity index (χ2v) is 3.67. The fourth-order valence-electron chi connectivity index (χ4n) is 0.717. The summed E-state index contributed by atoms with van der Waals surface area (Å²) in [7, 11) is 0. The minimum absolute atomic E-state index is 0.108. The number of hydrogen-bond donors (Lipinski definition) is 0. The van der Waals surface area contributed by atoms with E-state index in [-0.39, 0.29) is 5.41 Å². The van der Waals surface area contributed by atoms with Gasteiger partial charge in [0.1, 0.15) is 0 Å².